The third kappa shape index (κ3) is 5.89. The van der Waals surface area contributed by atoms with Gasteiger partial charge in [-0.2, -0.15) is 0 Å². The maximum absolute atomic E-state index is 12.5. The minimum atomic E-state index is -0.0293. The summed E-state index contributed by atoms with van der Waals surface area (Å²) in [6, 6.07) is 14.1. The summed E-state index contributed by atoms with van der Waals surface area (Å²) in [6.07, 6.45) is 0. The van der Waals surface area contributed by atoms with Gasteiger partial charge in [-0.15, -0.1) is 0 Å². The largest absolute Gasteiger partial charge is 0.493 e. The van der Waals surface area contributed by atoms with Crippen molar-refractivity contribution in [1.29, 1.82) is 0 Å². The van der Waals surface area contributed by atoms with Crippen LogP contribution in [0.3, 0.4) is 0 Å². The lowest BCUT2D eigenvalue weighted by molar-refractivity contribution is -0.123. The van der Waals surface area contributed by atoms with Crippen molar-refractivity contribution in [2.75, 3.05) is 27.9 Å². The molecule has 0 saturated carbocycles. The molecule has 0 saturated heterocycles. The normalized spacial score (nSPS) is 10.8. The molecule has 0 heterocycles. The molecule has 0 aliphatic rings. The molecule has 0 spiro atoms. The van der Waals surface area contributed by atoms with Gasteiger partial charge >= 0.3 is 0 Å². The molecule has 28 heavy (non-hydrogen) atoms. The summed E-state index contributed by atoms with van der Waals surface area (Å²) in [7, 11) is 4.71. The summed E-state index contributed by atoms with van der Waals surface area (Å²) in [4.78, 5) is 14.7. The molecule has 0 atom stereocenters. The van der Waals surface area contributed by atoms with E-state index in [1.165, 1.54) is 5.56 Å². The van der Waals surface area contributed by atoms with E-state index >= 15 is 0 Å². The summed E-state index contributed by atoms with van der Waals surface area (Å²) in [5, 5.41) is 2.98. The van der Waals surface area contributed by atoms with Crippen LogP contribution in [0.2, 0.25) is 0 Å². The first-order valence-corrected chi connectivity index (χ1v) is 9.32. The SMILES string of the molecule is COc1cc(CNC(=O)CN(Cc2ccccc2)C(C)C)cc(OC)c1OC. The average molecular weight is 386 g/mol. The van der Waals surface area contributed by atoms with Crippen LogP contribution in [0.5, 0.6) is 17.2 Å². The predicted molar refractivity (Wildman–Crippen MR) is 110 cm³/mol. The highest BCUT2D eigenvalue weighted by molar-refractivity contribution is 5.78. The number of hydrogen-bond acceptors (Lipinski definition) is 5. The molecule has 0 aliphatic carbocycles. The van der Waals surface area contributed by atoms with E-state index in [9.17, 15) is 4.79 Å². The zero-order valence-electron chi connectivity index (χ0n) is 17.3. The van der Waals surface area contributed by atoms with E-state index in [1.807, 2.05) is 30.3 Å². The molecule has 1 N–H and O–H groups in total. The lowest BCUT2D eigenvalue weighted by atomic mass is 10.1. The van der Waals surface area contributed by atoms with Gasteiger partial charge in [-0.05, 0) is 37.1 Å². The van der Waals surface area contributed by atoms with Gasteiger partial charge in [-0.1, -0.05) is 30.3 Å². The smallest absolute Gasteiger partial charge is 0.234 e. The number of hydrogen-bond donors (Lipinski definition) is 1. The van der Waals surface area contributed by atoms with E-state index in [0.717, 1.165) is 12.1 Å². The molecule has 6 heteroatoms. The van der Waals surface area contributed by atoms with E-state index in [1.54, 1.807) is 21.3 Å². The second kappa shape index (κ2) is 10.6. The quantitative estimate of drug-likeness (QED) is 0.679. The van der Waals surface area contributed by atoms with Crippen LogP contribution in [-0.2, 0) is 17.9 Å². The molecule has 6 nitrogen and oxygen atoms in total. The number of methoxy groups -OCH3 is 3. The topological polar surface area (TPSA) is 60.0 Å². The highest BCUT2D eigenvalue weighted by atomic mass is 16.5. The molecule has 0 radical (unpaired) electrons. The van der Waals surface area contributed by atoms with Crippen LogP contribution in [0.1, 0.15) is 25.0 Å². The summed E-state index contributed by atoms with van der Waals surface area (Å²) >= 11 is 0. The molecule has 2 aromatic rings. The van der Waals surface area contributed by atoms with Crippen LogP contribution < -0.4 is 19.5 Å². The van der Waals surface area contributed by atoms with E-state index in [4.69, 9.17) is 14.2 Å². The van der Waals surface area contributed by atoms with Crippen LogP contribution in [0, 0.1) is 0 Å². The molecular formula is C22H30N2O4. The molecular weight excluding hydrogens is 356 g/mol. The number of carbonyl (C=O) groups is 1. The number of benzene rings is 2. The summed E-state index contributed by atoms with van der Waals surface area (Å²) in [5.74, 6) is 1.64. The minimum absolute atomic E-state index is 0.0293. The molecule has 152 valence electrons. The van der Waals surface area contributed by atoms with E-state index in [2.05, 4.69) is 36.2 Å². The molecule has 0 bridgehead atoms. The van der Waals surface area contributed by atoms with Crippen molar-refractivity contribution in [1.82, 2.24) is 10.2 Å². The zero-order chi connectivity index (χ0) is 20.5. The Balaban J connectivity index is 2.00. The molecule has 0 aromatic heterocycles. The molecule has 0 fully saturated rings. The molecule has 0 unspecified atom stereocenters. The number of carbonyl (C=O) groups excluding carboxylic acids is 1. The fourth-order valence-electron chi connectivity index (χ4n) is 2.92. The highest BCUT2D eigenvalue weighted by Crippen LogP contribution is 2.38. The zero-order valence-corrected chi connectivity index (χ0v) is 17.3. The maximum Gasteiger partial charge on any atom is 0.234 e. The predicted octanol–water partition coefficient (Wildman–Crippen LogP) is 3.24. The Morgan fingerprint density at radius 3 is 2.07 bits per heavy atom. The van der Waals surface area contributed by atoms with E-state index in [0.29, 0.717) is 30.3 Å². The maximum atomic E-state index is 12.5. The first kappa shape index (κ1) is 21.6. The Bertz CT molecular complexity index is 737. The van der Waals surface area contributed by atoms with Gasteiger partial charge in [0.05, 0.1) is 27.9 Å². The third-order valence-electron chi connectivity index (χ3n) is 4.52. The van der Waals surface area contributed by atoms with Crippen molar-refractivity contribution < 1.29 is 19.0 Å². The molecule has 2 aromatic carbocycles. The highest BCUT2D eigenvalue weighted by Gasteiger charge is 2.16. The van der Waals surface area contributed by atoms with Crippen molar-refractivity contribution in [3.63, 3.8) is 0 Å². The summed E-state index contributed by atoms with van der Waals surface area (Å²) < 4.78 is 16.1. The van der Waals surface area contributed by atoms with Crippen LogP contribution in [-0.4, -0.2) is 44.7 Å². The summed E-state index contributed by atoms with van der Waals surface area (Å²) in [6.45, 7) is 5.63. The van der Waals surface area contributed by atoms with Crippen molar-refractivity contribution in [2.45, 2.75) is 33.0 Å². The van der Waals surface area contributed by atoms with E-state index < -0.39 is 0 Å². The number of rotatable bonds is 10. The molecule has 2 rings (SSSR count). The van der Waals surface area contributed by atoms with Crippen LogP contribution in [0.4, 0.5) is 0 Å². The van der Waals surface area contributed by atoms with E-state index in [-0.39, 0.29) is 11.9 Å². The fraction of sp³-hybridized carbons (Fsp3) is 0.409. The van der Waals surface area contributed by atoms with Gasteiger partial charge in [0.15, 0.2) is 11.5 Å². The number of amides is 1. The van der Waals surface area contributed by atoms with Crippen LogP contribution in [0.25, 0.3) is 0 Å². The fourth-order valence-corrected chi connectivity index (χ4v) is 2.92. The Hall–Kier alpha value is -2.73. The Morgan fingerprint density at radius 1 is 0.964 bits per heavy atom. The molecule has 1 amide bonds. The van der Waals surface area contributed by atoms with Crippen molar-refractivity contribution in [3.05, 3.63) is 53.6 Å². The third-order valence-corrected chi connectivity index (χ3v) is 4.52. The first-order chi connectivity index (χ1) is 13.5. The number of nitrogens with zero attached hydrogens (tertiary/aromatic N) is 1. The van der Waals surface area contributed by atoms with Crippen molar-refractivity contribution in [2.24, 2.45) is 0 Å². The van der Waals surface area contributed by atoms with Gasteiger partial charge in [0.25, 0.3) is 0 Å². The second-order valence-corrected chi connectivity index (χ2v) is 6.79. The van der Waals surface area contributed by atoms with Crippen LogP contribution >= 0.6 is 0 Å². The van der Waals surface area contributed by atoms with Crippen molar-refractivity contribution in [3.8, 4) is 17.2 Å². The van der Waals surface area contributed by atoms with Gasteiger partial charge in [0.2, 0.25) is 11.7 Å². The Labute approximate surface area is 167 Å². The van der Waals surface area contributed by atoms with Gasteiger partial charge in [0, 0.05) is 19.1 Å². The molecule has 0 aliphatic heterocycles. The van der Waals surface area contributed by atoms with Gasteiger partial charge in [-0.25, -0.2) is 0 Å². The standard InChI is InChI=1S/C22H30N2O4/c1-16(2)24(14-17-9-7-6-8-10-17)15-21(25)23-13-18-11-19(26-3)22(28-5)20(12-18)27-4/h6-12,16H,13-15H2,1-5H3,(H,23,25). The van der Waals surface area contributed by atoms with Gasteiger partial charge in [0.1, 0.15) is 0 Å². The monoisotopic (exact) mass is 386 g/mol. The van der Waals surface area contributed by atoms with Gasteiger partial charge < -0.3 is 19.5 Å². The van der Waals surface area contributed by atoms with Crippen molar-refractivity contribution >= 4 is 5.91 Å². The average Bonchev–Trinajstić information content (AvgIpc) is 2.71. The van der Waals surface area contributed by atoms with Gasteiger partial charge in [-0.3, -0.25) is 9.69 Å². The second-order valence-electron chi connectivity index (χ2n) is 6.79. The first-order valence-electron chi connectivity index (χ1n) is 9.32. The number of ether oxygens (including phenoxy) is 3. The van der Waals surface area contributed by atoms with Crippen LogP contribution in [0.15, 0.2) is 42.5 Å². The Morgan fingerprint density at radius 2 is 1.57 bits per heavy atom. The summed E-state index contributed by atoms with van der Waals surface area (Å²) in [5.41, 5.74) is 2.07. The minimum Gasteiger partial charge on any atom is -0.493 e. The Kier molecular flexibility index (Phi) is 8.14. The lowest BCUT2D eigenvalue weighted by Gasteiger charge is -2.26. The lowest BCUT2D eigenvalue weighted by Crippen LogP contribution is -2.40. The number of nitrogens with one attached hydrogen (secondary N) is 1.